The second-order valence-corrected chi connectivity index (χ2v) is 4.47. The van der Waals surface area contributed by atoms with Crippen LogP contribution in [0.1, 0.15) is 32.4 Å². The van der Waals surface area contributed by atoms with E-state index in [0.29, 0.717) is 0 Å². The van der Waals surface area contributed by atoms with Crippen molar-refractivity contribution in [2.45, 2.75) is 26.9 Å². The minimum absolute atomic E-state index is 0.432. The lowest BCUT2D eigenvalue weighted by atomic mass is 10.1. The molecule has 0 spiro atoms. The van der Waals surface area contributed by atoms with Crippen molar-refractivity contribution in [1.29, 1.82) is 0 Å². The van der Waals surface area contributed by atoms with Crippen LogP contribution in [0.15, 0.2) is 22.7 Å². The molecule has 1 aromatic rings. The summed E-state index contributed by atoms with van der Waals surface area (Å²) in [5.41, 5.74) is 2.10. The Morgan fingerprint density at radius 1 is 1.33 bits per heavy atom. The van der Waals surface area contributed by atoms with E-state index in [-0.39, 0.29) is 0 Å². The molecule has 15 heavy (non-hydrogen) atoms. The third kappa shape index (κ3) is 2.95. The molecule has 0 saturated carbocycles. The molecular weight excluding hydrogens is 254 g/mol. The van der Waals surface area contributed by atoms with Crippen molar-refractivity contribution in [3.8, 4) is 0 Å². The lowest BCUT2D eigenvalue weighted by Crippen LogP contribution is -2.23. The van der Waals surface area contributed by atoms with Gasteiger partial charge in [0.05, 0.1) is 6.10 Å². The first-order chi connectivity index (χ1) is 7.10. The van der Waals surface area contributed by atoms with Crippen molar-refractivity contribution in [1.82, 2.24) is 0 Å². The summed E-state index contributed by atoms with van der Waals surface area (Å²) in [7, 11) is 0. The third-order valence-electron chi connectivity index (χ3n) is 2.54. The van der Waals surface area contributed by atoms with Crippen LogP contribution in [0.2, 0.25) is 0 Å². The van der Waals surface area contributed by atoms with Crippen LogP contribution in [0.5, 0.6) is 0 Å². The number of hydrogen-bond acceptors (Lipinski definition) is 2. The normalized spacial score (nSPS) is 12.6. The highest BCUT2D eigenvalue weighted by molar-refractivity contribution is 9.10. The van der Waals surface area contributed by atoms with Gasteiger partial charge in [0, 0.05) is 28.8 Å². The number of aliphatic hydroxyl groups is 1. The first-order valence-corrected chi connectivity index (χ1v) is 6.11. The first kappa shape index (κ1) is 12.5. The maximum Gasteiger partial charge on any atom is 0.0782 e. The molecule has 0 amide bonds. The quantitative estimate of drug-likeness (QED) is 0.908. The molecule has 1 aromatic carbocycles. The van der Waals surface area contributed by atoms with E-state index in [4.69, 9.17) is 0 Å². The van der Waals surface area contributed by atoms with Gasteiger partial charge in [0.1, 0.15) is 0 Å². The van der Waals surface area contributed by atoms with E-state index >= 15 is 0 Å². The number of hydrogen-bond donors (Lipinski definition) is 1. The molecule has 0 aliphatic carbocycles. The van der Waals surface area contributed by atoms with Crippen molar-refractivity contribution in [3.05, 3.63) is 28.2 Å². The van der Waals surface area contributed by atoms with E-state index in [1.54, 1.807) is 6.92 Å². The number of anilines is 1. The van der Waals surface area contributed by atoms with Crippen LogP contribution in [0.25, 0.3) is 0 Å². The molecule has 84 valence electrons. The fourth-order valence-electron chi connectivity index (χ4n) is 1.71. The number of benzene rings is 1. The van der Waals surface area contributed by atoms with Gasteiger partial charge in [-0.15, -0.1) is 0 Å². The molecule has 2 nitrogen and oxygen atoms in total. The molecule has 0 aliphatic rings. The topological polar surface area (TPSA) is 23.5 Å². The SMILES string of the molecule is CCN(CC)c1ccc(Br)cc1C(C)O. The maximum atomic E-state index is 9.72. The van der Waals surface area contributed by atoms with Crippen molar-refractivity contribution >= 4 is 21.6 Å². The second-order valence-electron chi connectivity index (χ2n) is 3.55. The predicted molar refractivity (Wildman–Crippen MR) is 68.3 cm³/mol. The first-order valence-electron chi connectivity index (χ1n) is 5.32. The van der Waals surface area contributed by atoms with Crippen LogP contribution in [-0.2, 0) is 0 Å². The molecule has 0 bridgehead atoms. The van der Waals surface area contributed by atoms with E-state index in [0.717, 1.165) is 28.8 Å². The van der Waals surface area contributed by atoms with E-state index in [1.165, 1.54) is 0 Å². The summed E-state index contributed by atoms with van der Waals surface area (Å²) in [5, 5.41) is 9.72. The van der Waals surface area contributed by atoms with Gasteiger partial charge in [-0.05, 0) is 39.0 Å². The Morgan fingerprint density at radius 2 is 1.93 bits per heavy atom. The van der Waals surface area contributed by atoms with E-state index < -0.39 is 6.10 Å². The summed E-state index contributed by atoms with van der Waals surface area (Å²) in [4.78, 5) is 2.24. The Kier molecular flexibility index (Phi) is 4.61. The van der Waals surface area contributed by atoms with Crippen molar-refractivity contribution in [2.75, 3.05) is 18.0 Å². The minimum atomic E-state index is -0.432. The average molecular weight is 272 g/mol. The standard InChI is InChI=1S/C12H18BrNO/c1-4-14(5-2)12-7-6-10(13)8-11(12)9(3)15/h6-9,15H,4-5H2,1-3H3. The zero-order valence-electron chi connectivity index (χ0n) is 9.50. The lowest BCUT2D eigenvalue weighted by molar-refractivity contribution is 0.199. The van der Waals surface area contributed by atoms with Gasteiger partial charge < -0.3 is 10.0 Å². The summed E-state index contributed by atoms with van der Waals surface area (Å²) >= 11 is 3.43. The van der Waals surface area contributed by atoms with Gasteiger partial charge in [0.15, 0.2) is 0 Å². The van der Waals surface area contributed by atoms with E-state index in [1.807, 2.05) is 12.1 Å². The van der Waals surface area contributed by atoms with Gasteiger partial charge >= 0.3 is 0 Å². The zero-order valence-corrected chi connectivity index (χ0v) is 11.1. The fourth-order valence-corrected chi connectivity index (χ4v) is 2.09. The van der Waals surface area contributed by atoms with Gasteiger partial charge in [0.25, 0.3) is 0 Å². The summed E-state index contributed by atoms with van der Waals surface area (Å²) in [5.74, 6) is 0. The highest BCUT2D eigenvalue weighted by atomic mass is 79.9. The fraction of sp³-hybridized carbons (Fsp3) is 0.500. The Hall–Kier alpha value is -0.540. The van der Waals surface area contributed by atoms with Crippen LogP contribution in [-0.4, -0.2) is 18.2 Å². The summed E-state index contributed by atoms with van der Waals surface area (Å²) in [6.07, 6.45) is -0.432. The number of halogens is 1. The molecule has 1 unspecified atom stereocenters. The number of aliphatic hydroxyl groups excluding tert-OH is 1. The van der Waals surface area contributed by atoms with Crippen LogP contribution >= 0.6 is 15.9 Å². The highest BCUT2D eigenvalue weighted by Crippen LogP contribution is 2.29. The molecule has 0 radical (unpaired) electrons. The van der Waals surface area contributed by atoms with Gasteiger partial charge in [-0.2, -0.15) is 0 Å². The Balaban J connectivity index is 3.15. The molecule has 1 N–H and O–H groups in total. The van der Waals surface area contributed by atoms with Crippen LogP contribution in [0.3, 0.4) is 0 Å². The lowest BCUT2D eigenvalue weighted by Gasteiger charge is -2.25. The van der Waals surface area contributed by atoms with Crippen molar-refractivity contribution in [3.63, 3.8) is 0 Å². The second kappa shape index (κ2) is 5.52. The monoisotopic (exact) mass is 271 g/mol. The molecule has 0 saturated heterocycles. The largest absolute Gasteiger partial charge is 0.389 e. The van der Waals surface area contributed by atoms with E-state index in [2.05, 4.69) is 40.7 Å². The average Bonchev–Trinajstić information content (AvgIpc) is 2.21. The third-order valence-corrected chi connectivity index (χ3v) is 3.04. The number of nitrogens with zero attached hydrogens (tertiary/aromatic N) is 1. The van der Waals surface area contributed by atoms with Gasteiger partial charge in [0.2, 0.25) is 0 Å². The molecular formula is C12H18BrNO. The molecule has 1 rings (SSSR count). The predicted octanol–water partition coefficient (Wildman–Crippen LogP) is 3.35. The molecule has 0 aromatic heterocycles. The van der Waals surface area contributed by atoms with Gasteiger partial charge in [-0.1, -0.05) is 15.9 Å². The summed E-state index contributed by atoms with van der Waals surface area (Å²) in [6, 6.07) is 6.05. The minimum Gasteiger partial charge on any atom is -0.389 e. The Labute approximate surface area is 100 Å². The summed E-state index contributed by atoms with van der Waals surface area (Å²) in [6.45, 7) is 7.96. The molecule has 0 heterocycles. The van der Waals surface area contributed by atoms with E-state index in [9.17, 15) is 5.11 Å². The molecule has 0 fully saturated rings. The zero-order chi connectivity index (χ0) is 11.4. The van der Waals surface area contributed by atoms with Crippen molar-refractivity contribution < 1.29 is 5.11 Å². The van der Waals surface area contributed by atoms with Gasteiger partial charge in [-0.3, -0.25) is 0 Å². The van der Waals surface area contributed by atoms with Gasteiger partial charge in [-0.25, -0.2) is 0 Å². The Bertz CT molecular complexity index is 321. The highest BCUT2D eigenvalue weighted by Gasteiger charge is 2.12. The van der Waals surface area contributed by atoms with Crippen LogP contribution < -0.4 is 4.90 Å². The smallest absolute Gasteiger partial charge is 0.0782 e. The molecule has 3 heteroatoms. The van der Waals surface area contributed by atoms with Crippen molar-refractivity contribution in [2.24, 2.45) is 0 Å². The maximum absolute atomic E-state index is 9.72. The molecule has 1 atom stereocenters. The van der Waals surface area contributed by atoms with Crippen LogP contribution in [0.4, 0.5) is 5.69 Å². The number of rotatable bonds is 4. The molecule has 0 aliphatic heterocycles. The Morgan fingerprint density at radius 3 is 2.40 bits per heavy atom. The summed E-state index contributed by atoms with van der Waals surface area (Å²) < 4.78 is 1.01. The van der Waals surface area contributed by atoms with Crippen LogP contribution in [0, 0.1) is 0 Å².